The van der Waals surface area contributed by atoms with Gasteiger partial charge in [0.05, 0.1) is 10.4 Å². The Labute approximate surface area is 154 Å². The zero-order valence-corrected chi connectivity index (χ0v) is 15.5. The fourth-order valence-electron chi connectivity index (χ4n) is 4.49. The fraction of sp³-hybridized carbons (Fsp3) is 0.526. The van der Waals surface area contributed by atoms with E-state index in [-0.39, 0.29) is 22.2 Å². The number of alkyl halides is 3. The van der Waals surface area contributed by atoms with Gasteiger partial charge in [-0.15, -0.1) is 11.3 Å². The third-order valence-corrected chi connectivity index (χ3v) is 7.13. The number of amides is 1. The minimum Gasteiger partial charge on any atom is -0.346 e. The summed E-state index contributed by atoms with van der Waals surface area (Å²) in [6.45, 7) is 6.36. The van der Waals surface area contributed by atoms with Crippen LogP contribution in [0, 0.1) is 5.92 Å². The van der Waals surface area contributed by atoms with E-state index in [1.165, 1.54) is 6.07 Å². The number of carbonyl (C=O) groups is 1. The molecule has 4 heterocycles. The van der Waals surface area contributed by atoms with Crippen molar-refractivity contribution in [2.24, 2.45) is 5.92 Å². The molecule has 1 aromatic heterocycles. The summed E-state index contributed by atoms with van der Waals surface area (Å²) in [5.41, 5.74) is -0.813. The van der Waals surface area contributed by atoms with Gasteiger partial charge in [0, 0.05) is 16.3 Å². The van der Waals surface area contributed by atoms with Crippen molar-refractivity contribution >= 4 is 27.3 Å². The highest BCUT2D eigenvalue weighted by Crippen LogP contribution is 2.41. The van der Waals surface area contributed by atoms with Crippen molar-refractivity contribution in [2.45, 2.75) is 44.4 Å². The van der Waals surface area contributed by atoms with Crippen LogP contribution in [0.4, 0.5) is 13.2 Å². The molecule has 0 saturated carbocycles. The smallest absolute Gasteiger partial charge is 0.346 e. The molecule has 5 rings (SSSR count). The highest BCUT2D eigenvalue weighted by Gasteiger charge is 2.48. The van der Waals surface area contributed by atoms with Crippen molar-refractivity contribution in [1.82, 2.24) is 10.2 Å². The van der Waals surface area contributed by atoms with Crippen LogP contribution in [0.5, 0.6) is 0 Å². The second-order valence-corrected chi connectivity index (χ2v) is 8.81. The highest BCUT2D eigenvalue weighted by molar-refractivity contribution is 7.21. The SMILES string of the molecule is CC1(C)[C@H](NC(=O)c2cc3cccc(C(F)(F)F)c3s2)C2CCN1CC2. The molecule has 0 spiro atoms. The molecule has 1 N–H and O–H groups in total. The average molecular weight is 382 g/mol. The summed E-state index contributed by atoms with van der Waals surface area (Å²) >= 11 is 0.922. The van der Waals surface area contributed by atoms with Gasteiger partial charge in [-0.25, -0.2) is 0 Å². The second-order valence-electron chi connectivity index (χ2n) is 7.76. The fourth-order valence-corrected chi connectivity index (χ4v) is 5.58. The summed E-state index contributed by atoms with van der Waals surface area (Å²) in [7, 11) is 0. The van der Waals surface area contributed by atoms with Gasteiger partial charge in [-0.1, -0.05) is 12.1 Å². The Morgan fingerprint density at radius 2 is 1.96 bits per heavy atom. The van der Waals surface area contributed by atoms with E-state index in [0.717, 1.165) is 43.3 Å². The molecule has 2 aromatic rings. The maximum atomic E-state index is 13.2. The molecule has 1 atom stereocenters. The van der Waals surface area contributed by atoms with Crippen LogP contribution in [0.15, 0.2) is 24.3 Å². The lowest BCUT2D eigenvalue weighted by Crippen LogP contribution is -2.69. The predicted molar refractivity (Wildman–Crippen MR) is 96.5 cm³/mol. The number of benzene rings is 1. The van der Waals surface area contributed by atoms with Gasteiger partial charge in [0.2, 0.25) is 0 Å². The maximum absolute atomic E-state index is 13.2. The standard InChI is InChI=1S/C19H21F3N2OS/c1-18(2)16(11-6-8-24(18)9-7-11)23-17(25)14-10-12-4-3-5-13(15(12)26-14)19(20,21)22/h3-5,10-11,16H,6-9H2,1-2H3,(H,23,25)/t16-/m1/s1. The Kier molecular flexibility index (Phi) is 4.08. The van der Waals surface area contributed by atoms with Gasteiger partial charge in [-0.2, -0.15) is 13.2 Å². The first kappa shape index (κ1) is 17.8. The molecule has 3 fully saturated rings. The first-order valence-electron chi connectivity index (χ1n) is 8.83. The number of hydrogen-bond donors (Lipinski definition) is 1. The molecule has 1 amide bonds. The molecular formula is C19H21F3N2OS. The number of hydrogen-bond acceptors (Lipinski definition) is 3. The number of halogens is 3. The highest BCUT2D eigenvalue weighted by atomic mass is 32.1. The van der Waals surface area contributed by atoms with E-state index in [0.29, 0.717) is 16.2 Å². The third-order valence-electron chi connectivity index (χ3n) is 5.95. The van der Waals surface area contributed by atoms with Gasteiger partial charge in [-0.3, -0.25) is 9.69 Å². The first-order valence-corrected chi connectivity index (χ1v) is 9.65. The minimum atomic E-state index is -4.42. The number of nitrogens with zero attached hydrogens (tertiary/aromatic N) is 1. The summed E-state index contributed by atoms with van der Waals surface area (Å²) in [5.74, 6) is 0.158. The largest absolute Gasteiger partial charge is 0.417 e. The molecule has 1 aromatic carbocycles. The summed E-state index contributed by atoms with van der Waals surface area (Å²) in [4.78, 5) is 15.5. The van der Waals surface area contributed by atoms with Crippen LogP contribution in [0.25, 0.3) is 10.1 Å². The Hall–Kier alpha value is -1.60. The average Bonchev–Trinajstić information content (AvgIpc) is 3.01. The molecule has 0 radical (unpaired) electrons. The number of fused-ring (bicyclic) bond motifs is 4. The van der Waals surface area contributed by atoms with E-state index >= 15 is 0 Å². The van der Waals surface area contributed by atoms with E-state index in [1.54, 1.807) is 12.1 Å². The molecular weight excluding hydrogens is 361 g/mol. The number of rotatable bonds is 2. The van der Waals surface area contributed by atoms with Crippen molar-refractivity contribution < 1.29 is 18.0 Å². The molecule has 0 aliphatic carbocycles. The summed E-state index contributed by atoms with van der Waals surface area (Å²) in [6.07, 6.45) is -2.31. The van der Waals surface area contributed by atoms with Crippen LogP contribution in [-0.2, 0) is 6.18 Å². The van der Waals surface area contributed by atoms with Gasteiger partial charge >= 0.3 is 6.18 Å². The van der Waals surface area contributed by atoms with Crippen LogP contribution in [-0.4, -0.2) is 35.5 Å². The van der Waals surface area contributed by atoms with Crippen LogP contribution in [0.1, 0.15) is 41.9 Å². The molecule has 3 nitrogen and oxygen atoms in total. The molecule has 3 saturated heterocycles. The lowest BCUT2D eigenvalue weighted by Gasteiger charge is -2.56. The van der Waals surface area contributed by atoms with Gasteiger partial charge < -0.3 is 5.32 Å². The quantitative estimate of drug-likeness (QED) is 0.828. The van der Waals surface area contributed by atoms with Crippen molar-refractivity contribution in [2.75, 3.05) is 13.1 Å². The lowest BCUT2D eigenvalue weighted by molar-refractivity contribution is -0.136. The van der Waals surface area contributed by atoms with E-state index in [2.05, 4.69) is 24.1 Å². The predicted octanol–water partition coefficient (Wildman–Crippen LogP) is 4.52. The molecule has 26 heavy (non-hydrogen) atoms. The molecule has 2 bridgehead atoms. The Balaban J connectivity index is 1.63. The van der Waals surface area contributed by atoms with Crippen LogP contribution in [0.2, 0.25) is 0 Å². The Bertz CT molecular complexity index is 850. The minimum absolute atomic E-state index is 0.0183. The topological polar surface area (TPSA) is 32.3 Å². The van der Waals surface area contributed by atoms with Gasteiger partial charge in [0.15, 0.2) is 0 Å². The molecule has 0 unspecified atom stereocenters. The molecule has 3 aliphatic heterocycles. The van der Waals surface area contributed by atoms with Crippen molar-refractivity contribution in [3.05, 3.63) is 34.7 Å². The Morgan fingerprint density at radius 3 is 2.58 bits per heavy atom. The zero-order chi connectivity index (χ0) is 18.7. The van der Waals surface area contributed by atoms with E-state index in [1.807, 2.05) is 0 Å². The number of carbonyl (C=O) groups excluding carboxylic acids is 1. The van der Waals surface area contributed by atoms with Crippen molar-refractivity contribution in [1.29, 1.82) is 0 Å². The maximum Gasteiger partial charge on any atom is 0.417 e. The van der Waals surface area contributed by atoms with E-state index in [4.69, 9.17) is 0 Å². The van der Waals surface area contributed by atoms with Gasteiger partial charge in [0.1, 0.15) is 0 Å². The normalized spacial score (nSPS) is 27.7. The monoisotopic (exact) mass is 382 g/mol. The number of nitrogens with one attached hydrogen (secondary N) is 1. The van der Waals surface area contributed by atoms with Crippen LogP contribution < -0.4 is 5.32 Å². The summed E-state index contributed by atoms with van der Waals surface area (Å²) in [5, 5.41) is 3.59. The second kappa shape index (κ2) is 5.96. The van der Waals surface area contributed by atoms with Crippen LogP contribution >= 0.6 is 11.3 Å². The van der Waals surface area contributed by atoms with E-state index in [9.17, 15) is 18.0 Å². The summed E-state index contributed by atoms with van der Waals surface area (Å²) < 4.78 is 39.7. The number of piperidine rings is 3. The van der Waals surface area contributed by atoms with Gasteiger partial charge in [-0.05, 0) is 63.2 Å². The van der Waals surface area contributed by atoms with Crippen molar-refractivity contribution in [3.8, 4) is 0 Å². The van der Waals surface area contributed by atoms with Crippen LogP contribution in [0.3, 0.4) is 0 Å². The van der Waals surface area contributed by atoms with Gasteiger partial charge in [0.25, 0.3) is 5.91 Å². The van der Waals surface area contributed by atoms with Crippen molar-refractivity contribution in [3.63, 3.8) is 0 Å². The third kappa shape index (κ3) is 2.81. The lowest BCUT2D eigenvalue weighted by atomic mass is 9.72. The zero-order valence-electron chi connectivity index (χ0n) is 14.7. The first-order chi connectivity index (χ1) is 12.2. The number of thiophene rings is 1. The molecule has 7 heteroatoms. The Morgan fingerprint density at radius 1 is 1.27 bits per heavy atom. The summed E-state index contributed by atoms with van der Waals surface area (Å²) in [6, 6.07) is 5.66. The molecule has 140 valence electrons. The molecule has 3 aliphatic rings. The van der Waals surface area contributed by atoms with E-state index < -0.39 is 11.7 Å².